The van der Waals surface area contributed by atoms with E-state index in [4.69, 9.17) is 0 Å². The quantitative estimate of drug-likeness (QED) is 0.365. The average Bonchev–Trinajstić information content (AvgIpc) is 3.31. The number of halogens is 4. The van der Waals surface area contributed by atoms with E-state index in [9.17, 15) is 32.3 Å². The van der Waals surface area contributed by atoms with Crippen LogP contribution < -0.4 is 0 Å². The first-order valence-electron chi connectivity index (χ1n) is 14.8. The van der Waals surface area contributed by atoms with Crippen LogP contribution in [0, 0.1) is 11.8 Å². The van der Waals surface area contributed by atoms with Gasteiger partial charge in [-0.25, -0.2) is 4.39 Å². The summed E-state index contributed by atoms with van der Waals surface area (Å²) in [5.74, 6) is -0.987. The molecule has 3 unspecified atom stereocenters. The molecule has 1 saturated heterocycles. The lowest BCUT2D eigenvalue weighted by atomic mass is 9.63. The van der Waals surface area contributed by atoms with Crippen LogP contribution in [0.4, 0.5) is 17.6 Å². The Hall–Kier alpha value is -2.90. The number of aryl methyl sites for hydroxylation is 1. The predicted molar refractivity (Wildman–Crippen MR) is 148 cm³/mol. The van der Waals surface area contributed by atoms with E-state index in [0.717, 1.165) is 16.7 Å². The number of hydrogen-bond donors (Lipinski definition) is 1. The summed E-state index contributed by atoms with van der Waals surface area (Å²) >= 11 is 0. The zero-order valence-corrected chi connectivity index (χ0v) is 23.9. The van der Waals surface area contributed by atoms with Gasteiger partial charge < -0.3 is 10.0 Å². The molecule has 1 aliphatic heterocycles. The fourth-order valence-corrected chi connectivity index (χ4v) is 7.49. The molecule has 3 aliphatic rings. The fourth-order valence-electron chi connectivity index (χ4n) is 7.49. The van der Waals surface area contributed by atoms with Crippen LogP contribution in [0.5, 0.6) is 0 Å². The molecule has 4 nitrogen and oxygen atoms in total. The van der Waals surface area contributed by atoms with Crippen LogP contribution in [0.2, 0.25) is 0 Å². The van der Waals surface area contributed by atoms with E-state index in [0.29, 0.717) is 70.8 Å². The summed E-state index contributed by atoms with van der Waals surface area (Å²) in [7, 11) is 0. The second-order valence-electron chi connectivity index (χ2n) is 12.8. The molecule has 0 aromatic heterocycles. The van der Waals surface area contributed by atoms with Crippen LogP contribution in [-0.2, 0) is 33.5 Å². The second kappa shape index (κ2) is 10.7. The van der Waals surface area contributed by atoms with Gasteiger partial charge in [0.25, 0.3) is 0 Å². The van der Waals surface area contributed by atoms with Crippen molar-refractivity contribution >= 4 is 11.9 Å². The largest absolute Gasteiger partial charge is 0.481 e. The van der Waals surface area contributed by atoms with Crippen molar-refractivity contribution in [3.63, 3.8) is 0 Å². The van der Waals surface area contributed by atoms with Gasteiger partial charge in [-0.2, -0.15) is 13.2 Å². The molecule has 5 rings (SSSR count). The van der Waals surface area contributed by atoms with Gasteiger partial charge in [-0.3, -0.25) is 9.59 Å². The molecule has 1 amide bonds. The number of amides is 1. The van der Waals surface area contributed by atoms with Gasteiger partial charge in [-0.1, -0.05) is 56.3 Å². The van der Waals surface area contributed by atoms with E-state index < -0.39 is 29.1 Å². The van der Waals surface area contributed by atoms with E-state index >= 15 is 0 Å². The van der Waals surface area contributed by atoms with Crippen LogP contribution in [-0.4, -0.2) is 40.6 Å². The molecule has 0 radical (unpaired) electrons. The van der Waals surface area contributed by atoms with E-state index in [1.165, 1.54) is 17.7 Å². The smallest absolute Gasteiger partial charge is 0.426 e. The van der Waals surface area contributed by atoms with Crippen LogP contribution in [0.1, 0.15) is 93.0 Å². The number of benzene rings is 2. The average molecular weight is 574 g/mol. The van der Waals surface area contributed by atoms with Crippen molar-refractivity contribution in [1.29, 1.82) is 0 Å². The second-order valence-corrected chi connectivity index (χ2v) is 12.8. The number of likely N-dealkylation sites (tertiary alicyclic amines) is 1. The van der Waals surface area contributed by atoms with Crippen molar-refractivity contribution in [1.82, 2.24) is 4.90 Å². The number of aliphatic carboxylic acids is 1. The normalized spacial score (nSPS) is 27.7. The van der Waals surface area contributed by atoms with Crippen LogP contribution in [0.15, 0.2) is 42.5 Å². The molecule has 0 bridgehead atoms. The van der Waals surface area contributed by atoms with Crippen molar-refractivity contribution in [2.75, 3.05) is 6.54 Å². The lowest BCUT2D eigenvalue weighted by Gasteiger charge is -2.45. The molecule has 3 atom stereocenters. The van der Waals surface area contributed by atoms with E-state index in [2.05, 4.69) is 38.1 Å². The molecule has 1 saturated carbocycles. The Kier molecular flexibility index (Phi) is 7.75. The molecule has 2 aliphatic carbocycles. The van der Waals surface area contributed by atoms with Crippen molar-refractivity contribution < 1.29 is 32.3 Å². The summed E-state index contributed by atoms with van der Waals surface area (Å²) in [5.41, 5.74) is -0.394. The minimum Gasteiger partial charge on any atom is -0.481 e. The summed E-state index contributed by atoms with van der Waals surface area (Å²) in [6.45, 7) is 5.36. The molecule has 2 aromatic rings. The summed E-state index contributed by atoms with van der Waals surface area (Å²) in [6.07, 6.45) is -0.594. The first-order valence-corrected chi connectivity index (χ1v) is 14.8. The van der Waals surface area contributed by atoms with Crippen molar-refractivity contribution in [3.8, 4) is 0 Å². The fraction of sp³-hybridized carbons (Fsp3) is 0.576. The Morgan fingerprint density at radius 1 is 0.976 bits per heavy atom. The highest BCUT2D eigenvalue weighted by molar-refractivity contribution is 5.80. The summed E-state index contributed by atoms with van der Waals surface area (Å²) < 4.78 is 55.6. The van der Waals surface area contributed by atoms with Crippen LogP contribution >= 0.6 is 0 Å². The maximum Gasteiger partial charge on any atom is 0.426 e. The Morgan fingerprint density at radius 2 is 1.61 bits per heavy atom. The van der Waals surface area contributed by atoms with Gasteiger partial charge in [0, 0.05) is 23.9 Å². The Bertz CT molecular complexity index is 1290. The van der Waals surface area contributed by atoms with Gasteiger partial charge in [-0.15, -0.1) is 0 Å². The van der Waals surface area contributed by atoms with E-state index in [-0.39, 0.29) is 23.4 Å². The van der Waals surface area contributed by atoms with Crippen molar-refractivity contribution in [2.45, 2.75) is 101 Å². The Balaban J connectivity index is 1.50. The summed E-state index contributed by atoms with van der Waals surface area (Å²) in [4.78, 5) is 27.3. The number of nitrogens with zero attached hydrogens (tertiary/aromatic N) is 1. The highest BCUT2D eigenvalue weighted by Gasteiger charge is 2.56. The van der Waals surface area contributed by atoms with Gasteiger partial charge in [0.1, 0.15) is 0 Å². The number of rotatable bonds is 6. The molecule has 1 N–H and O–H groups in total. The highest BCUT2D eigenvalue weighted by Crippen LogP contribution is 2.51. The van der Waals surface area contributed by atoms with E-state index in [1.54, 1.807) is 6.07 Å². The third-order valence-electron chi connectivity index (χ3n) is 10.1. The van der Waals surface area contributed by atoms with Gasteiger partial charge in [-0.05, 0) is 92.0 Å². The molecular weight excluding hydrogens is 534 g/mol. The lowest BCUT2D eigenvalue weighted by Crippen LogP contribution is -2.51. The zero-order chi connectivity index (χ0) is 29.7. The highest BCUT2D eigenvalue weighted by atomic mass is 19.4. The molecule has 222 valence electrons. The number of carbonyl (C=O) groups excluding carboxylic acids is 1. The third kappa shape index (κ3) is 5.27. The standard InChI is InChI=1S/C33H39F4NO3/c1-20(2)22-6-4-21(5-7-22)19-32-16-17-38(29(39)23-8-10-24(11-9-23)30(40)41)28(32)15-12-25-18-26(13-14-27(25)32)31(3,34)33(35,36)37/h4-7,13-14,18,20,23-24,28H,8-12,15-17,19H2,1-3H3,(H,40,41)/t23-,24-,28?,31?,32?. The minimum absolute atomic E-state index is 0.0596. The first-order chi connectivity index (χ1) is 19.2. The summed E-state index contributed by atoms with van der Waals surface area (Å²) in [6, 6.07) is 12.6. The Morgan fingerprint density at radius 3 is 2.20 bits per heavy atom. The van der Waals surface area contributed by atoms with Crippen molar-refractivity contribution in [2.24, 2.45) is 11.8 Å². The molecule has 2 fully saturated rings. The van der Waals surface area contributed by atoms with Crippen LogP contribution in [0.25, 0.3) is 0 Å². The topological polar surface area (TPSA) is 57.6 Å². The van der Waals surface area contributed by atoms with E-state index in [1.807, 2.05) is 4.90 Å². The van der Waals surface area contributed by atoms with Gasteiger partial charge >= 0.3 is 12.1 Å². The van der Waals surface area contributed by atoms with Gasteiger partial charge in [0.15, 0.2) is 0 Å². The Labute approximate surface area is 239 Å². The molecule has 41 heavy (non-hydrogen) atoms. The number of hydrogen-bond acceptors (Lipinski definition) is 2. The number of carbonyl (C=O) groups is 2. The number of carboxylic acids is 1. The number of alkyl halides is 4. The maximum absolute atomic E-state index is 14.9. The molecule has 1 heterocycles. The SMILES string of the molecule is CC(C)c1ccc(CC23CCN(C(=O)[C@H]4CC[C@H](C(=O)O)CC4)C2CCc2cc(C(C)(F)C(F)(F)F)ccc23)cc1. The maximum atomic E-state index is 14.9. The van der Waals surface area contributed by atoms with Crippen LogP contribution in [0.3, 0.4) is 0 Å². The third-order valence-corrected chi connectivity index (χ3v) is 10.1. The van der Waals surface area contributed by atoms with Gasteiger partial charge in [0.2, 0.25) is 11.6 Å². The summed E-state index contributed by atoms with van der Waals surface area (Å²) in [5, 5.41) is 9.38. The monoisotopic (exact) mass is 573 g/mol. The minimum atomic E-state index is -5.02. The predicted octanol–water partition coefficient (Wildman–Crippen LogP) is 7.48. The molecule has 0 spiro atoms. The van der Waals surface area contributed by atoms with Crippen molar-refractivity contribution in [3.05, 3.63) is 70.3 Å². The van der Waals surface area contributed by atoms with Gasteiger partial charge in [0.05, 0.1) is 5.92 Å². The number of carboxylic acid groups (broad SMARTS) is 1. The first kappa shape index (κ1) is 29.6. The molecule has 2 aromatic carbocycles. The molecule has 8 heteroatoms. The number of fused-ring (bicyclic) bond motifs is 3. The zero-order valence-electron chi connectivity index (χ0n) is 23.9. The molecular formula is C33H39F4NO3. The lowest BCUT2D eigenvalue weighted by molar-refractivity contribution is -0.228.